The second kappa shape index (κ2) is 13.6. The van der Waals surface area contributed by atoms with Crippen molar-refractivity contribution in [3.63, 3.8) is 0 Å². The highest BCUT2D eigenvalue weighted by Gasteiger charge is 2.33. The maximum absolute atomic E-state index is 13.5. The number of carbonyl (C=O) groups excluding carboxylic acids is 1. The standard InChI is InChI=1S/C30H34N6O/c1-6-30(7-2,8-3)29(37)35-26-18-24(36(9-4)10-5)16-17-25(26)34-27(21-33)28(23(19-31)20-32)22-14-12-11-13-15-22/h11-18H,6-10H2,1-5H3,(H,35,37). The molecule has 190 valence electrons. The first kappa shape index (κ1) is 28.8. The Kier molecular flexibility index (Phi) is 10.6. The van der Waals surface area contributed by atoms with Crippen molar-refractivity contribution in [3.8, 4) is 18.2 Å². The number of nitrogens with zero attached hydrogens (tertiary/aromatic N) is 5. The van der Waals surface area contributed by atoms with E-state index in [-0.39, 0.29) is 22.8 Å². The molecule has 2 rings (SSSR count). The molecular formula is C30H34N6O. The lowest BCUT2D eigenvalue weighted by Gasteiger charge is -2.29. The molecule has 7 heteroatoms. The minimum Gasteiger partial charge on any atom is -0.372 e. The van der Waals surface area contributed by atoms with E-state index in [0.717, 1.165) is 18.8 Å². The Morgan fingerprint density at radius 3 is 1.97 bits per heavy atom. The van der Waals surface area contributed by atoms with E-state index in [4.69, 9.17) is 0 Å². The second-order valence-corrected chi connectivity index (χ2v) is 8.58. The number of allylic oxidation sites excluding steroid dienone is 2. The summed E-state index contributed by atoms with van der Waals surface area (Å²) in [5, 5.41) is 32.4. The first-order valence-corrected chi connectivity index (χ1v) is 12.7. The van der Waals surface area contributed by atoms with Crippen LogP contribution in [0.3, 0.4) is 0 Å². The molecule has 0 aliphatic rings. The van der Waals surface area contributed by atoms with Crippen LogP contribution in [-0.4, -0.2) is 24.7 Å². The van der Waals surface area contributed by atoms with Crippen LogP contribution in [-0.2, 0) is 4.79 Å². The van der Waals surface area contributed by atoms with E-state index in [1.165, 1.54) is 0 Å². The number of nitrogens with one attached hydrogen (secondary N) is 1. The van der Waals surface area contributed by atoms with E-state index in [0.29, 0.717) is 36.2 Å². The van der Waals surface area contributed by atoms with Crippen molar-refractivity contribution in [3.05, 3.63) is 59.7 Å². The second-order valence-electron chi connectivity index (χ2n) is 8.58. The Morgan fingerprint density at radius 1 is 0.892 bits per heavy atom. The van der Waals surface area contributed by atoms with Gasteiger partial charge in [0.15, 0.2) is 5.71 Å². The van der Waals surface area contributed by atoms with Gasteiger partial charge < -0.3 is 10.2 Å². The van der Waals surface area contributed by atoms with Gasteiger partial charge in [-0.25, -0.2) is 4.99 Å². The largest absolute Gasteiger partial charge is 0.372 e. The van der Waals surface area contributed by atoms with Gasteiger partial charge in [-0.1, -0.05) is 51.1 Å². The average Bonchev–Trinajstić information content (AvgIpc) is 2.94. The summed E-state index contributed by atoms with van der Waals surface area (Å²) in [6.45, 7) is 11.7. The minimum absolute atomic E-state index is 0.0804. The molecule has 0 bridgehead atoms. The topological polar surface area (TPSA) is 116 Å². The van der Waals surface area contributed by atoms with E-state index in [1.54, 1.807) is 30.3 Å². The highest BCUT2D eigenvalue weighted by atomic mass is 16.2. The summed E-state index contributed by atoms with van der Waals surface area (Å²) in [6.07, 6.45) is 2.08. The molecule has 0 radical (unpaired) electrons. The summed E-state index contributed by atoms with van der Waals surface area (Å²) in [7, 11) is 0. The number of hydrogen-bond acceptors (Lipinski definition) is 6. The van der Waals surface area contributed by atoms with Crippen LogP contribution in [0.25, 0.3) is 5.57 Å². The van der Waals surface area contributed by atoms with Crippen molar-refractivity contribution < 1.29 is 4.79 Å². The van der Waals surface area contributed by atoms with Gasteiger partial charge >= 0.3 is 0 Å². The van der Waals surface area contributed by atoms with E-state index >= 15 is 0 Å². The minimum atomic E-state index is -0.520. The third-order valence-electron chi connectivity index (χ3n) is 6.98. The first-order chi connectivity index (χ1) is 17.9. The van der Waals surface area contributed by atoms with Crippen molar-refractivity contribution in [2.24, 2.45) is 10.4 Å². The quantitative estimate of drug-likeness (QED) is 0.273. The van der Waals surface area contributed by atoms with Crippen LogP contribution < -0.4 is 10.2 Å². The van der Waals surface area contributed by atoms with Gasteiger partial charge in [-0.05, 0) is 56.9 Å². The fraction of sp³-hybridized carbons (Fsp3) is 0.367. The molecule has 7 nitrogen and oxygen atoms in total. The van der Waals surface area contributed by atoms with Crippen molar-refractivity contribution in [1.29, 1.82) is 15.8 Å². The van der Waals surface area contributed by atoms with Gasteiger partial charge in [0.2, 0.25) is 5.91 Å². The van der Waals surface area contributed by atoms with Gasteiger partial charge in [0.1, 0.15) is 23.8 Å². The molecule has 2 aromatic rings. The zero-order valence-corrected chi connectivity index (χ0v) is 22.3. The Hall–Kier alpha value is -4.41. The Morgan fingerprint density at radius 2 is 1.49 bits per heavy atom. The van der Waals surface area contributed by atoms with Crippen LogP contribution in [0.1, 0.15) is 59.4 Å². The summed E-state index contributed by atoms with van der Waals surface area (Å²) in [5.41, 5.74) is 1.65. The van der Waals surface area contributed by atoms with Gasteiger partial charge in [-0.3, -0.25) is 4.79 Å². The van der Waals surface area contributed by atoms with Crippen LogP contribution in [0.2, 0.25) is 0 Å². The molecule has 0 saturated carbocycles. The molecule has 0 aliphatic heterocycles. The molecule has 0 unspecified atom stereocenters. The normalized spacial score (nSPS) is 11.0. The number of amides is 1. The SMILES string of the molecule is CCN(CC)c1ccc(N=C(C#N)C(=C(C#N)C#N)c2ccccc2)c(NC(=O)C(CC)(CC)CC)c1. The molecule has 0 saturated heterocycles. The van der Waals surface area contributed by atoms with Crippen molar-refractivity contribution >= 4 is 34.3 Å². The molecule has 1 amide bonds. The summed E-state index contributed by atoms with van der Waals surface area (Å²) < 4.78 is 0. The number of hydrogen-bond donors (Lipinski definition) is 1. The third-order valence-corrected chi connectivity index (χ3v) is 6.98. The van der Waals surface area contributed by atoms with E-state index in [1.807, 2.05) is 51.1 Å². The summed E-state index contributed by atoms with van der Waals surface area (Å²) in [5.74, 6) is -0.0970. The van der Waals surface area contributed by atoms with Crippen molar-refractivity contribution in [1.82, 2.24) is 0 Å². The summed E-state index contributed by atoms with van der Waals surface area (Å²) in [4.78, 5) is 20.2. The van der Waals surface area contributed by atoms with E-state index in [9.17, 15) is 20.6 Å². The monoisotopic (exact) mass is 494 g/mol. The summed E-state index contributed by atoms with van der Waals surface area (Å²) >= 11 is 0. The van der Waals surface area contributed by atoms with Crippen LogP contribution in [0.15, 0.2) is 59.1 Å². The number of nitriles is 3. The number of carbonyl (C=O) groups is 1. The third kappa shape index (κ3) is 6.43. The van der Waals surface area contributed by atoms with E-state index < -0.39 is 5.41 Å². The van der Waals surface area contributed by atoms with Crippen LogP contribution in [0.4, 0.5) is 17.1 Å². The molecule has 0 atom stereocenters. The Labute approximate surface area is 220 Å². The van der Waals surface area contributed by atoms with Gasteiger partial charge in [0, 0.05) is 29.8 Å². The summed E-state index contributed by atoms with van der Waals surface area (Å²) in [6, 6.07) is 20.2. The average molecular weight is 495 g/mol. The Bertz CT molecular complexity index is 1260. The lowest BCUT2D eigenvalue weighted by atomic mass is 9.79. The molecule has 0 spiro atoms. The molecular weight excluding hydrogens is 460 g/mol. The molecule has 0 aliphatic carbocycles. The maximum atomic E-state index is 13.5. The highest BCUT2D eigenvalue weighted by molar-refractivity contribution is 6.33. The molecule has 0 aromatic heterocycles. The fourth-order valence-electron chi connectivity index (χ4n) is 4.39. The lowest BCUT2D eigenvalue weighted by molar-refractivity contribution is -0.126. The molecule has 0 heterocycles. The van der Waals surface area contributed by atoms with Gasteiger partial charge in [-0.2, -0.15) is 15.8 Å². The van der Waals surface area contributed by atoms with Crippen molar-refractivity contribution in [2.75, 3.05) is 23.3 Å². The molecule has 37 heavy (non-hydrogen) atoms. The molecule has 0 fully saturated rings. The Balaban J connectivity index is 2.78. The lowest BCUT2D eigenvalue weighted by Crippen LogP contribution is -2.34. The van der Waals surface area contributed by atoms with Crippen LogP contribution >= 0.6 is 0 Å². The predicted octanol–water partition coefficient (Wildman–Crippen LogP) is 6.78. The van der Waals surface area contributed by atoms with Gasteiger partial charge in [-0.15, -0.1) is 0 Å². The smallest absolute Gasteiger partial charge is 0.230 e. The van der Waals surface area contributed by atoms with Crippen LogP contribution in [0, 0.1) is 39.4 Å². The highest BCUT2D eigenvalue weighted by Crippen LogP contribution is 2.36. The zero-order valence-electron chi connectivity index (χ0n) is 22.3. The van der Waals surface area contributed by atoms with Gasteiger partial charge in [0.05, 0.1) is 11.4 Å². The number of anilines is 2. The number of rotatable bonds is 11. The van der Waals surface area contributed by atoms with E-state index in [2.05, 4.69) is 35.1 Å². The zero-order chi connectivity index (χ0) is 27.4. The number of aliphatic imine (C=N–C) groups is 1. The molecule has 2 aromatic carbocycles. The maximum Gasteiger partial charge on any atom is 0.230 e. The number of benzene rings is 2. The van der Waals surface area contributed by atoms with Gasteiger partial charge in [0.25, 0.3) is 0 Å². The predicted molar refractivity (Wildman–Crippen MR) is 149 cm³/mol. The molecule has 1 N–H and O–H groups in total. The first-order valence-electron chi connectivity index (χ1n) is 12.7. The fourth-order valence-corrected chi connectivity index (χ4v) is 4.39. The van der Waals surface area contributed by atoms with Crippen molar-refractivity contribution in [2.45, 2.75) is 53.9 Å². The van der Waals surface area contributed by atoms with Crippen LogP contribution in [0.5, 0.6) is 0 Å².